The van der Waals surface area contributed by atoms with Crippen LogP contribution in [0.2, 0.25) is 0 Å². The summed E-state index contributed by atoms with van der Waals surface area (Å²) in [5, 5.41) is 9.72. The third kappa shape index (κ3) is 3.90. The quantitative estimate of drug-likeness (QED) is 0.800. The van der Waals surface area contributed by atoms with Gasteiger partial charge in [-0.2, -0.15) is 0 Å². The Labute approximate surface area is 147 Å². The molecule has 1 aromatic carbocycles. The largest absolute Gasteiger partial charge is 0.494 e. The number of hydrogen-bond donors (Lipinski definition) is 1. The third-order valence-corrected chi connectivity index (χ3v) is 4.19. The summed E-state index contributed by atoms with van der Waals surface area (Å²) in [5.41, 5.74) is 1.90. The lowest BCUT2D eigenvalue weighted by Crippen LogP contribution is -2.35. The lowest BCUT2D eigenvalue weighted by molar-refractivity contribution is -0.140. The molecule has 0 bridgehead atoms. The van der Waals surface area contributed by atoms with E-state index in [1.165, 1.54) is 7.11 Å². The highest BCUT2D eigenvalue weighted by atomic mass is 16.5. The summed E-state index contributed by atoms with van der Waals surface area (Å²) < 4.78 is 10.5. The molecule has 2 rings (SSSR count). The number of carbonyl (C=O) groups excluding carboxylic acids is 1. The number of ether oxygens (including phenoxy) is 2. The second-order valence-corrected chi connectivity index (χ2v) is 5.96. The van der Waals surface area contributed by atoms with Crippen molar-refractivity contribution in [3.05, 3.63) is 41.1 Å². The van der Waals surface area contributed by atoms with E-state index in [9.17, 15) is 14.7 Å². The normalized spacial score (nSPS) is 20.1. The van der Waals surface area contributed by atoms with Crippen LogP contribution in [-0.2, 0) is 14.3 Å². The molecule has 0 aliphatic carbocycles. The molecule has 1 aliphatic rings. The van der Waals surface area contributed by atoms with Gasteiger partial charge >= 0.3 is 11.9 Å². The van der Waals surface area contributed by atoms with Crippen molar-refractivity contribution in [2.24, 2.45) is 10.9 Å². The monoisotopic (exact) mass is 345 g/mol. The number of allylic oxidation sites excluding steroid dienone is 1. The van der Waals surface area contributed by atoms with Gasteiger partial charge in [-0.05, 0) is 38.0 Å². The van der Waals surface area contributed by atoms with Crippen molar-refractivity contribution < 1.29 is 24.2 Å². The van der Waals surface area contributed by atoms with Gasteiger partial charge in [-0.3, -0.25) is 9.79 Å². The molecule has 0 amide bonds. The van der Waals surface area contributed by atoms with Gasteiger partial charge in [0.05, 0.1) is 19.3 Å². The first-order valence-corrected chi connectivity index (χ1v) is 8.20. The van der Waals surface area contributed by atoms with Crippen LogP contribution in [0.5, 0.6) is 5.75 Å². The van der Waals surface area contributed by atoms with Gasteiger partial charge in [-0.15, -0.1) is 0 Å². The fourth-order valence-electron chi connectivity index (χ4n) is 3.11. The van der Waals surface area contributed by atoms with E-state index in [1.54, 1.807) is 32.0 Å². The average molecular weight is 345 g/mol. The van der Waals surface area contributed by atoms with Gasteiger partial charge in [0.15, 0.2) is 0 Å². The molecule has 2 atom stereocenters. The molecule has 25 heavy (non-hydrogen) atoms. The molecule has 2 unspecified atom stereocenters. The minimum absolute atomic E-state index is 0.271. The molecule has 0 aromatic heterocycles. The summed E-state index contributed by atoms with van der Waals surface area (Å²) in [7, 11) is 1.28. The van der Waals surface area contributed by atoms with E-state index in [0.29, 0.717) is 29.3 Å². The fourth-order valence-corrected chi connectivity index (χ4v) is 3.11. The van der Waals surface area contributed by atoms with E-state index in [0.717, 1.165) is 6.42 Å². The molecule has 0 saturated heterocycles. The van der Waals surface area contributed by atoms with Gasteiger partial charge in [-0.1, -0.05) is 19.1 Å². The first kappa shape index (κ1) is 18.7. The molecular formula is C19H23NO5. The summed E-state index contributed by atoms with van der Waals surface area (Å²) in [6.45, 7) is 5.93. The third-order valence-electron chi connectivity index (χ3n) is 4.19. The molecule has 134 valence electrons. The number of aliphatic imine (C=N–C) groups is 1. The number of esters is 1. The summed E-state index contributed by atoms with van der Waals surface area (Å²) in [6.07, 6.45) is 0.865. The molecule has 1 aromatic rings. The Morgan fingerprint density at radius 1 is 1.28 bits per heavy atom. The Bertz CT molecular complexity index is 735. The van der Waals surface area contributed by atoms with E-state index in [-0.39, 0.29) is 5.57 Å². The van der Waals surface area contributed by atoms with Gasteiger partial charge in [-0.25, -0.2) is 4.79 Å². The average Bonchev–Trinajstić information content (AvgIpc) is 2.58. The van der Waals surface area contributed by atoms with Crippen LogP contribution < -0.4 is 4.74 Å². The molecular weight excluding hydrogens is 322 g/mol. The van der Waals surface area contributed by atoms with Crippen LogP contribution >= 0.6 is 0 Å². The highest BCUT2D eigenvalue weighted by molar-refractivity contribution is 6.06. The number of rotatable bonds is 6. The summed E-state index contributed by atoms with van der Waals surface area (Å²) >= 11 is 0. The zero-order valence-corrected chi connectivity index (χ0v) is 14.9. The fraction of sp³-hybridized carbons (Fsp3) is 0.421. The Hall–Kier alpha value is -2.63. The number of carboxylic acids is 1. The maximum Gasteiger partial charge on any atom is 0.336 e. The lowest BCUT2D eigenvalue weighted by Gasteiger charge is -2.30. The molecule has 1 aliphatic heterocycles. The maximum atomic E-state index is 12.3. The Balaban J connectivity index is 2.57. The van der Waals surface area contributed by atoms with Crippen molar-refractivity contribution in [3.8, 4) is 5.75 Å². The SMILES string of the molecule is CCCOc1cccc(C2C(C(=O)OC)=C(C)N=C(C)C2C(=O)O)c1. The van der Waals surface area contributed by atoms with Gasteiger partial charge < -0.3 is 14.6 Å². The van der Waals surface area contributed by atoms with E-state index in [1.807, 2.05) is 13.0 Å². The number of carboxylic acid groups (broad SMARTS) is 1. The van der Waals surface area contributed by atoms with E-state index in [4.69, 9.17) is 9.47 Å². The lowest BCUT2D eigenvalue weighted by atomic mass is 9.75. The van der Waals surface area contributed by atoms with Gasteiger partial charge in [0, 0.05) is 17.3 Å². The van der Waals surface area contributed by atoms with Crippen molar-refractivity contribution in [1.82, 2.24) is 0 Å². The van der Waals surface area contributed by atoms with Crippen LogP contribution in [0.25, 0.3) is 0 Å². The highest BCUT2D eigenvalue weighted by Crippen LogP contribution is 2.40. The van der Waals surface area contributed by atoms with Crippen LogP contribution in [0.1, 0.15) is 38.7 Å². The number of nitrogens with zero attached hydrogens (tertiary/aromatic N) is 1. The van der Waals surface area contributed by atoms with Crippen molar-refractivity contribution in [1.29, 1.82) is 0 Å². The number of methoxy groups -OCH3 is 1. The van der Waals surface area contributed by atoms with E-state index >= 15 is 0 Å². The second kappa shape index (κ2) is 7.96. The second-order valence-electron chi connectivity index (χ2n) is 5.96. The molecule has 6 nitrogen and oxygen atoms in total. The Morgan fingerprint density at radius 3 is 2.60 bits per heavy atom. The summed E-state index contributed by atoms with van der Waals surface area (Å²) in [4.78, 5) is 28.5. The smallest absolute Gasteiger partial charge is 0.336 e. The first-order valence-electron chi connectivity index (χ1n) is 8.20. The van der Waals surface area contributed by atoms with Crippen molar-refractivity contribution in [2.45, 2.75) is 33.1 Å². The maximum absolute atomic E-state index is 12.3. The number of benzene rings is 1. The zero-order valence-electron chi connectivity index (χ0n) is 14.9. The molecule has 0 radical (unpaired) electrons. The molecule has 1 N–H and O–H groups in total. The van der Waals surface area contributed by atoms with Crippen LogP contribution in [0, 0.1) is 5.92 Å². The van der Waals surface area contributed by atoms with Crippen molar-refractivity contribution in [3.63, 3.8) is 0 Å². The summed E-state index contributed by atoms with van der Waals surface area (Å²) in [5.74, 6) is -2.55. The Morgan fingerprint density at radius 2 is 2.00 bits per heavy atom. The van der Waals surface area contributed by atoms with E-state index < -0.39 is 23.8 Å². The van der Waals surface area contributed by atoms with Crippen LogP contribution in [-0.4, -0.2) is 36.5 Å². The molecule has 0 spiro atoms. The standard InChI is InChI=1S/C19H23NO5/c1-5-9-25-14-8-6-7-13(10-14)17-15(18(21)22)11(2)20-12(3)16(17)19(23)24-4/h6-8,10,15,17H,5,9H2,1-4H3,(H,21,22). The molecule has 1 heterocycles. The van der Waals surface area contributed by atoms with Crippen molar-refractivity contribution >= 4 is 17.7 Å². The molecule has 0 fully saturated rings. The van der Waals surface area contributed by atoms with Crippen molar-refractivity contribution in [2.75, 3.05) is 13.7 Å². The van der Waals surface area contributed by atoms with Crippen LogP contribution in [0.3, 0.4) is 0 Å². The topological polar surface area (TPSA) is 85.2 Å². The minimum atomic E-state index is -1.03. The number of hydrogen-bond acceptors (Lipinski definition) is 5. The van der Waals surface area contributed by atoms with Gasteiger partial charge in [0.2, 0.25) is 0 Å². The zero-order chi connectivity index (χ0) is 18.6. The summed E-state index contributed by atoms with van der Waals surface area (Å²) in [6, 6.07) is 7.19. The van der Waals surface area contributed by atoms with E-state index in [2.05, 4.69) is 4.99 Å². The molecule has 0 saturated carbocycles. The van der Waals surface area contributed by atoms with Gasteiger partial charge in [0.1, 0.15) is 11.7 Å². The highest BCUT2D eigenvalue weighted by Gasteiger charge is 2.41. The van der Waals surface area contributed by atoms with Crippen LogP contribution in [0.4, 0.5) is 0 Å². The number of carbonyl (C=O) groups is 2. The predicted molar refractivity (Wildman–Crippen MR) is 93.9 cm³/mol. The Kier molecular flexibility index (Phi) is 5.96. The van der Waals surface area contributed by atoms with Gasteiger partial charge in [0.25, 0.3) is 0 Å². The van der Waals surface area contributed by atoms with Crippen LogP contribution in [0.15, 0.2) is 40.5 Å². The minimum Gasteiger partial charge on any atom is -0.494 e. The predicted octanol–water partition coefficient (Wildman–Crippen LogP) is 3.18. The molecule has 6 heteroatoms. The number of aliphatic carboxylic acids is 1. The first-order chi connectivity index (χ1) is 11.9.